The van der Waals surface area contributed by atoms with Crippen LogP contribution in [-0.4, -0.2) is 23.5 Å². The van der Waals surface area contributed by atoms with Crippen molar-refractivity contribution < 1.29 is 14.3 Å². The molecule has 0 aliphatic heterocycles. The fourth-order valence-electron chi connectivity index (χ4n) is 2.20. The number of carbonyl (C=O) groups excluding carboxylic acids is 2. The monoisotopic (exact) mass is 352 g/mol. The van der Waals surface area contributed by atoms with Crippen LogP contribution in [0.15, 0.2) is 54.6 Å². The molecule has 3 aromatic rings. The molecule has 126 valence electrons. The second kappa shape index (κ2) is 7.72. The SMILES string of the molecule is CCOC(=O)c1ccc2nc(NC(=O)C=Cc3ccccc3)sc2c1. The molecule has 5 nitrogen and oxygen atoms in total. The number of aromatic nitrogens is 1. The Morgan fingerprint density at radius 1 is 1.20 bits per heavy atom. The molecule has 0 atom stereocenters. The Morgan fingerprint density at radius 3 is 2.76 bits per heavy atom. The molecule has 3 rings (SSSR count). The molecule has 0 spiro atoms. The maximum Gasteiger partial charge on any atom is 0.338 e. The molecule has 0 saturated carbocycles. The van der Waals surface area contributed by atoms with Gasteiger partial charge in [0.2, 0.25) is 5.91 Å². The number of esters is 1. The van der Waals surface area contributed by atoms with E-state index in [1.54, 1.807) is 31.2 Å². The predicted octanol–water partition coefficient (Wildman–Crippen LogP) is 4.12. The Balaban J connectivity index is 1.72. The molecular weight excluding hydrogens is 336 g/mol. The third-order valence-electron chi connectivity index (χ3n) is 3.36. The molecular formula is C19H16N2O3S. The van der Waals surface area contributed by atoms with E-state index in [1.165, 1.54) is 17.4 Å². The standard InChI is InChI=1S/C19H16N2O3S/c1-2-24-18(23)14-9-10-15-16(12-14)25-19(20-15)21-17(22)11-8-13-6-4-3-5-7-13/h3-12H,2H2,1H3,(H,20,21,22). The van der Waals surface area contributed by atoms with Crippen molar-refractivity contribution in [3.05, 3.63) is 65.7 Å². The van der Waals surface area contributed by atoms with E-state index >= 15 is 0 Å². The van der Waals surface area contributed by atoms with E-state index in [0.717, 1.165) is 15.8 Å². The summed E-state index contributed by atoms with van der Waals surface area (Å²) >= 11 is 1.31. The second-order valence-corrected chi connectivity index (χ2v) is 6.19. The minimum atomic E-state index is -0.366. The first kappa shape index (κ1) is 16.9. The molecule has 6 heteroatoms. The molecule has 1 amide bonds. The average Bonchev–Trinajstić information content (AvgIpc) is 3.02. The number of hydrogen-bond donors (Lipinski definition) is 1. The van der Waals surface area contributed by atoms with Crippen molar-refractivity contribution in [3.63, 3.8) is 0 Å². The number of rotatable bonds is 5. The first-order valence-electron chi connectivity index (χ1n) is 7.77. The topological polar surface area (TPSA) is 68.3 Å². The summed E-state index contributed by atoms with van der Waals surface area (Å²) in [4.78, 5) is 28.1. The Bertz CT molecular complexity index is 932. The van der Waals surface area contributed by atoms with Gasteiger partial charge in [-0.15, -0.1) is 0 Å². The predicted molar refractivity (Wildman–Crippen MR) is 99.7 cm³/mol. The van der Waals surface area contributed by atoms with Gasteiger partial charge in [0, 0.05) is 6.08 Å². The van der Waals surface area contributed by atoms with Gasteiger partial charge in [0.15, 0.2) is 5.13 Å². The van der Waals surface area contributed by atoms with Crippen LogP contribution in [0.5, 0.6) is 0 Å². The molecule has 2 aromatic carbocycles. The third kappa shape index (κ3) is 4.30. The fourth-order valence-corrected chi connectivity index (χ4v) is 3.11. The lowest BCUT2D eigenvalue weighted by atomic mass is 10.2. The largest absolute Gasteiger partial charge is 0.462 e. The van der Waals surface area contributed by atoms with E-state index in [-0.39, 0.29) is 11.9 Å². The lowest BCUT2D eigenvalue weighted by Gasteiger charge is -2.00. The van der Waals surface area contributed by atoms with Crippen LogP contribution in [0.1, 0.15) is 22.8 Å². The average molecular weight is 352 g/mol. The fraction of sp³-hybridized carbons (Fsp3) is 0.105. The van der Waals surface area contributed by atoms with Gasteiger partial charge < -0.3 is 4.74 Å². The van der Waals surface area contributed by atoms with E-state index in [9.17, 15) is 9.59 Å². The van der Waals surface area contributed by atoms with Crippen LogP contribution in [-0.2, 0) is 9.53 Å². The summed E-state index contributed by atoms with van der Waals surface area (Å²) in [6, 6.07) is 14.7. The number of amides is 1. The van der Waals surface area contributed by atoms with Crippen molar-refractivity contribution >= 4 is 44.6 Å². The van der Waals surface area contributed by atoms with Gasteiger partial charge in [0.05, 0.1) is 22.4 Å². The van der Waals surface area contributed by atoms with Crippen LogP contribution < -0.4 is 5.32 Å². The summed E-state index contributed by atoms with van der Waals surface area (Å²) < 4.78 is 5.80. The second-order valence-electron chi connectivity index (χ2n) is 5.16. The number of hydrogen-bond acceptors (Lipinski definition) is 5. The first-order valence-corrected chi connectivity index (χ1v) is 8.59. The van der Waals surface area contributed by atoms with Crippen LogP contribution in [0.4, 0.5) is 5.13 Å². The van der Waals surface area contributed by atoms with Crippen molar-refractivity contribution in [2.75, 3.05) is 11.9 Å². The number of nitrogens with zero attached hydrogens (tertiary/aromatic N) is 1. The molecule has 0 saturated heterocycles. The first-order chi connectivity index (χ1) is 12.2. The summed E-state index contributed by atoms with van der Waals surface area (Å²) in [6.07, 6.45) is 3.20. The summed E-state index contributed by atoms with van der Waals surface area (Å²) in [6.45, 7) is 2.09. The van der Waals surface area contributed by atoms with E-state index < -0.39 is 0 Å². The number of nitrogens with one attached hydrogen (secondary N) is 1. The number of fused-ring (bicyclic) bond motifs is 1. The molecule has 1 N–H and O–H groups in total. The van der Waals surface area contributed by atoms with E-state index in [4.69, 9.17) is 4.74 Å². The molecule has 1 heterocycles. The van der Waals surface area contributed by atoms with Crippen LogP contribution in [0.25, 0.3) is 16.3 Å². The molecule has 25 heavy (non-hydrogen) atoms. The zero-order valence-corrected chi connectivity index (χ0v) is 14.4. The summed E-state index contributed by atoms with van der Waals surface area (Å²) in [5.41, 5.74) is 2.14. The highest BCUT2D eigenvalue weighted by molar-refractivity contribution is 7.22. The van der Waals surface area contributed by atoms with E-state index in [2.05, 4.69) is 10.3 Å². The molecule has 0 unspecified atom stereocenters. The molecule has 0 aliphatic rings. The van der Waals surface area contributed by atoms with Gasteiger partial charge in [-0.2, -0.15) is 0 Å². The number of thiazole rings is 1. The van der Waals surface area contributed by atoms with Crippen molar-refractivity contribution in [2.24, 2.45) is 0 Å². The van der Waals surface area contributed by atoms with Crippen LogP contribution >= 0.6 is 11.3 Å². The van der Waals surface area contributed by atoms with Crippen LogP contribution in [0.3, 0.4) is 0 Å². The van der Waals surface area contributed by atoms with Crippen molar-refractivity contribution in [2.45, 2.75) is 6.92 Å². The Morgan fingerprint density at radius 2 is 2.00 bits per heavy atom. The maximum absolute atomic E-state index is 12.0. The zero-order chi connectivity index (χ0) is 17.6. The van der Waals surface area contributed by atoms with Gasteiger partial charge in [0.25, 0.3) is 0 Å². The third-order valence-corrected chi connectivity index (χ3v) is 4.29. The van der Waals surface area contributed by atoms with Gasteiger partial charge >= 0.3 is 5.97 Å². The normalized spacial score (nSPS) is 10.9. The molecule has 0 bridgehead atoms. The summed E-state index contributed by atoms with van der Waals surface area (Å²) in [5.74, 6) is -0.622. The number of carbonyl (C=O) groups is 2. The van der Waals surface area contributed by atoms with Crippen molar-refractivity contribution in [3.8, 4) is 0 Å². The summed E-state index contributed by atoms with van der Waals surface area (Å²) in [7, 11) is 0. The van der Waals surface area contributed by atoms with Gasteiger partial charge in [-0.25, -0.2) is 9.78 Å². The number of ether oxygens (including phenoxy) is 1. The molecule has 0 radical (unpaired) electrons. The lowest BCUT2D eigenvalue weighted by molar-refractivity contribution is -0.111. The highest BCUT2D eigenvalue weighted by Gasteiger charge is 2.11. The Hall–Kier alpha value is -2.99. The molecule has 1 aromatic heterocycles. The van der Waals surface area contributed by atoms with E-state index in [1.807, 2.05) is 30.3 Å². The quantitative estimate of drug-likeness (QED) is 0.554. The highest BCUT2D eigenvalue weighted by Crippen LogP contribution is 2.27. The zero-order valence-electron chi connectivity index (χ0n) is 13.6. The minimum absolute atomic E-state index is 0.256. The lowest BCUT2D eigenvalue weighted by Crippen LogP contribution is -2.07. The van der Waals surface area contributed by atoms with Crippen molar-refractivity contribution in [1.82, 2.24) is 4.98 Å². The minimum Gasteiger partial charge on any atom is -0.462 e. The van der Waals surface area contributed by atoms with Gasteiger partial charge in [0.1, 0.15) is 0 Å². The van der Waals surface area contributed by atoms with Gasteiger partial charge in [-0.1, -0.05) is 41.7 Å². The van der Waals surface area contributed by atoms with Crippen molar-refractivity contribution in [1.29, 1.82) is 0 Å². The summed E-state index contributed by atoms with van der Waals surface area (Å²) in [5, 5.41) is 3.23. The Kier molecular flexibility index (Phi) is 5.20. The molecule has 0 aliphatic carbocycles. The van der Waals surface area contributed by atoms with Crippen LogP contribution in [0, 0.1) is 0 Å². The van der Waals surface area contributed by atoms with Crippen LogP contribution in [0.2, 0.25) is 0 Å². The smallest absolute Gasteiger partial charge is 0.338 e. The highest BCUT2D eigenvalue weighted by atomic mass is 32.1. The number of anilines is 1. The van der Waals surface area contributed by atoms with Gasteiger partial charge in [-0.05, 0) is 36.8 Å². The van der Waals surface area contributed by atoms with E-state index in [0.29, 0.717) is 17.3 Å². The maximum atomic E-state index is 12.0. The number of benzene rings is 2. The molecule has 0 fully saturated rings. The Labute approximate surface area is 149 Å². The van der Waals surface area contributed by atoms with Gasteiger partial charge in [-0.3, -0.25) is 10.1 Å².